The van der Waals surface area contributed by atoms with Crippen LogP contribution in [0.4, 0.5) is 5.82 Å². The molecule has 1 aliphatic heterocycles. The van der Waals surface area contributed by atoms with Gasteiger partial charge >= 0.3 is 0 Å². The molecule has 1 saturated heterocycles. The fourth-order valence-corrected chi connectivity index (χ4v) is 3.44. The number of rotatable bonds is 3. The number of anilines is 1. The summed E-state index contributed by atoms with van der Waals surface area (Å²) in [4.78, 5) is 18.1. The Morgan fingerprint density at radius 2 is 1.58 bits per heavy atom. The van der Waals surface area contributed by atoms with Crippen molar-refractivity contribution >= 4 is 51.7 Å². The Balaban J connectivity index is 1.43. The summed E-state index contributed by atoms with van der Waals surface area (Å²) in [5, 5.41) is 1.64. The van der Waals surface area contributed by atoms with Crippen LogP contribution < -0.4 is 4.90 Å². The Hall–Kier alpha value is -1.66. The lowest BCUT2D eigenvalue weighted by Crippen LogP contribution is -2.46. The quantitative estimate of drug-likeness (QED) is 0.646. The number of pyridine rings is 1. The van der Waals surface area contributed by atoms with Crippen LogP contribution in [0.3, 0.4) is 0 Å². The first-order valence-electron chi connectivity index (χ1n) is 8.28. The molecule has 8 heteroatoms. The molecule has 5 nitrogen and oxygen atoms in total. The minimum atomic E-state index is 0.491. The summed E-state index contributed by atoms with van der Waals surface area (Å²) in [5.41, 5.74) is 2.53. The van der Waals surface area contributed by atoms with Crippen molar-refractivity contribution in [3.8, 4) is 0 Å². The van der Waals surface area contributed by atoms with E-state index in [0.29, 0.717) is 15.1 Å². The van der Waals surface area contributed by atoms with Crippen LogP contribution in [0.5, 0.6) is 0 Å². The molecule has 4 rings (SSSR count). The zero-order valence-electron chi connectivity index (χ0n) is 13.9. The first kappa shape index (κ1) is 17.7. The molecule has 3 aromatic rings. The Labute approximate surface area is 166 Å². The lowest BCUT2D eigenvalue weighted by Gasteiger charge is -2.35. The monoisotopic (exact) mass is 407 g/mol. The minimum Gasteiger partial charge on any atom is -0.353 e. The summed E-state index contributed by atoms with van der Waals surface area (Å²) in [7, 11) is 0. The van der Waals surface area contributed by atoms with E-state index in [1.807, 2.05) is 12.1 Å². The van der Waals surface area contributed by atoms with Crippen molar-refractivity contribution < 1.29 is 0 Å². The van der Waals surface area contributed by atoms with Crippen molar-refractivity contribution in [1.82, 2.24) is 19.9 Å². The maximum Gasteiger partial charge on any atom is 0.147 e. The molecule has 26 heavy (non-hydrogen) atoms. The normalized spacial score (nSPS) is 15.6. The molecular weight excluding hydrogens is 393 g/mol. The Kier molecular flexibility index (Phi) is 5.14. The highest BCUT2D eigenvalue weighted by Crippen LogP contribution is 2.27. The number of fused-ring (bicyclic) bond motifs is 1. The van der Waals surface area contributed by atoms with Gasteiger partial charge in [-0.05, 0) is 24.3 Å². The second-order valence-electron chi connectivity index (χ2n) is 6.21. The van der Waals surface area contributed by atoms with Gasteiger partial charge in [-0.2, -0.15) is 0 Å². The zero-order valence-corrected chi connectivity index (χ0v) is 16.1. The number of nitrogens with zero attached hydrogens (tertiary/aromatic N) is 5. The van der Waals surface area contributed by atoms with Gasteiger partial charge in [0.25, 0.3) is 0 Å². The summed E-state index contributed by atoms with van der Waals surface area (Å²) in [6.45, 7) is 4.46. The molecular formula is C18H16Cl3N5. The standard InChI is InChI=1S/C18H16Cl3N5/c19-12-1-2-13(22-9-12)11-25-3-5-26(6-4-25)18-10-23-16-7-14(20)15(21)8-17(16)24-18/h1-2,7-10H,3-6,11H2. The van der Waals surface area contributed by atoms with E-state index in [4.69, 9.17) is 39.8 Å². The summed E-state index contributed by atoms with van der Waals surface area (Å²) in [6.07, 6.45) is 3.48. The predicted molar refractivity (Wildman–Crippen MR) is 106 cm³/mol. The average Bonchev–Trinajstić information content (AvgIpc) is 2.65. The molecule has 0 aliphatic carbocycles. The van der Waals surface area contributed by atoms with E-state index in [1.165, 1.54) is 0 Å². The SMILES string of the molecule is Clc1ccc(CN2CCN(c3cnc4cc(Cl)c(Cl)cc4n3)CC2)nc1. The number of benzene rings is 1. The fourth-order valence-electron chi connectivity index (χ4n) is 3.01. The molecule has 1 fully saturated rings. The van der Waals surface area contributed by atoms with E-state index in [-0.39, 0.29) is 0 Å². The lowest BCUT2D eigenvalue weighted by molar-refractivity contribution is 0.246. The third kappa shape index (κ3) is 3.86. The van der Waals surface area contributed by atoms with Gasteiger partial charge in [-0.1, -0.05) is 34.8 Å². The first-order valence-corrected chi connectivity index (χ1v) is 9.41. The van der Waals surface area contributed by atoms with Crippen LogP contribution in [0, 0.1) is 0 Å². The topological polar surface area (TPSA) is 45.2 Å². The van der Waals surface area contributed by atoms with E-state index in [2.05, 4.69) is 19.8 Å². The van der Waals surface area contributed by atoms with Gasteiger partial charge in [0, 0.05) is 38.9 Å². The van der Waals surface area contributed by atoms with E-state index in [0.717, 1.165) is 55.3 Å². The van der Waals surface area contributed by atoms with Crippen molar-refractivity contribution in [2.75, 3.05) is 31.1 Å². The molecule has 0 N–H and O–H groups in total. The van der Waals surface area contributed by atoms with E-state index in [9.17, 15) is 0 Å². The molecule has 0 saturated carbocycles. The van der Waals surface area contributed by atoms with Crippen molar-refractivity contribution in [3.63, 3.8) is 0 Å². The molecule has 2 aromatic heterocycles. The van der Waals surface area contributed by atoms with Crippen LogP contribution in [0.1, 0.15) is 5.69 Å². The molecule has 0 atom stereocenters. The molecule has 134 valence electrons. The summed E-state index contributed by atoms with van der Waals surface area (Å²) in [5.74, 6) is 0.861. The molecule has 0 amide bonds. The molecule has 0 radical (unpaired) electrons. The van der Waals surface area contributed by atoms with Gasteiger partial charge in [-0.15, -0.1) is 0 Å². The van der Waals surface area contributed by atoms with Gasteiger partial charge < -0.3 is 4.90 Å². The number of hydrogen-bond acceptors (Lipinski definition) is 5. The van der Waals surface area contributed by atoms with E-state index in [1.54, 1.807) is 24.5 Å². The summed E-state index contributed by atoms with van der Waals surface area (Å²) >= 11 is 18.0. The molecule has 1 aliphatic rings. The van der Waals surface area contributed by atoms with Crippen molar-refractivity contribution in [3.05, 3.63) is 57.4 Å². The zero-order chi connectivity index (χ0) is 18.1. The van der Waals surface area contributed by atoms with Gasteiger partial charge in [-0.25, -0.2) is 4.98 Å². The Bertz CT molecular complexity index is 924. The molecule has 0 unspecified atom stereocenters. The maximum absolute atomic E-state index is 6.10. The summed E-state index contributed by atoms with van der Waals surface area (Å²) < 4.78 is 0. The van der Waals surface area contributed by atoms with E-state index >= 15 is 0 Å². The summed E-state index contributed by atoms with van der Waals surface area (Å²) in [6, 6.07) is 7.35. The molecule has 0 bridgehead atoms. The third-order valence-corrected chi connectivity index (χ3v) is 5.39. The van der Waals surface area contributed by atoms with Crippen LogP contribution in [-0.2, 0) is 6.54 Å². The van der Waals surface area contributed by atoms with Gasteiger partial charge in [0.1, 0.15) is 5.82 Å². The van der Waals surface area contributed by atoms with Crippen molar-refractivity contribution in [1.29, 1.82) is 0 Å². The minimum absolute atomic E-state index is 0.491. The van der Waals surface area contributed by atoms with Crippen molar-refractivity contribution in [2.45, 2.75) is 6.54 Å². The second-order valence-corrected chi connectivity index (χ2v) is 7.47. The van der Waals surface area contributed by atoms with Crippen LogP contribution >= 0.6 is 34.8 Å². The number of halogens is 3. The fraction of sp³-hybridized carbons (Fsp3) is 0.278. The van der Waals surface area contributed by atoms with E-state index < -0.39 is 0 Å². The van der Waals surface area contributed by atoms with Gasteiger partial charge in [0.15, 0.2) is 0 Å². The number of piperazine rings is 1. The highest BCUT2D eigenvalue weighted by molar-refractivity contribution is 6.42. The number of aromatic nitrogens is 3. The van der Waals surface area contributed by atoms with Gasteiger partial charge in [-0.3, -0.25) is 14.9 Å². The van der Waals surface area contributed by atoms with Crippen LogP contribution in [0.2, 0.25) is 15.1 Å². The lowest BCUT2D eigenvalue weighted by atomic mass is 10.2. The maximum atomic E-state index is 6.10. The highest BCUT2D eigenvalue weighted by Gasteiger charge is 2.19. The second kappa shape index (κ2) is 7.53. The average molecular weight is 409 g/mol. The Morgan fingerprint density at radius 1 is 0.846 bits per heavy atom. The number of hydrogen-bond donors (Lipinski definition) is 0. The molecule has 1 aromatic carbocycles. The van der Waals surface area contributed by atoms with Crippen LogP contribution in [0.15, 0.2) is 36.7 Å². The van der Waals surface area contributed by atoms with Crippen molar-refractivity contribution in [2.24, 2.45) is 0 Å². The molecule has 0 spiro atoms. The van der Waals surface area contributed by atoms with Crippen LogP contribution in [-0.4, -0.2) is 46.0 Å². The largest absolute Gasteiger partial charge is 0.353 e. The van der Waals surface area contributed by atoms with Gasteiger partial charge in [0.2, 0.25) is 0 Å². The van der Waals surface area contributed by atoms with Gasteiger partial charge in [0.05, 0.1) is 38.0 Å². The smallest absolute Gasteiger partial charge is 0.147 e. The highest BCUT2D eigenvalue weighted by atomic mass is 35.5. The predicted octanol–water partition coefficient (Wildman–Crippen LogP) is 4.31. The Morgan fingerprint density at radius 3 is 2.27 bits per heavy atom. The first-order chi connectivity index (χ1) is 12.6. The third-order valence-electron chi connectivity index (χ3n) is 4.44. The van der Waals surface area contributed by atoms with Crippen LogP contribution in [0.25, 0.3) is 11.0 Å². The molecule has 3 heterocycles.